The lowest BCUT2D eigenvalue weighted by atomic mass is 10.1. The van der Waals surface area contributed by atoms with Crippen LogP contribution in [0.1, 0.15) is 40.1 Å². The van der Waals surface area contributed by atoms with Crippen molar-refractivity contribution in [3.05, 3.63) is 62.9 Å². The second-order valence-electron chi connectivity index (χ2n) is 5.67. The van der Waals surface area contributed by atoms with Crippen molar-refractivity contribution in [2.45, 2.75) is 26.8 Å². The van der Waals surface area contributed by atoms with Crippen LogP contribution in [0.15, 0.2) is 30.3 Å². The summed E-state index contributed by atoms with van der Waals surface area (Å²) >= 11 is 11.9. The number of esters is 1. The van der Waals surface area contributed by atoms with E-state index in [4.69, 9.17) is 27.9 Å². The van der Waals surface area contributed by atoms with Crippen molar-refractivity contribution in [1.29, 1.82) is 0 Å². The fourth-order valence-electron chi connectivity index (χ4n) is 2.38. The molecule has 132 valence electrons. The van der Waals surface area contributed by atoms with Gasteiger partial charge in [-0.3, -0.25) is 4.79 Å². The molecule has 0 unspecified atom stereocenters. The predicted molar refractivity (Wildman–Crippen MR) is 97.0 cm³/mol. The number of carbonyl (C=O) groups excluding carboxylic acids is 2. The molecule has 1 aromatic carbocycles. The molecule has 0 aliphatic rings. The number of ether oxygens (including phenoxy) is 1. The van der Waals surface area contributed by atoms with Gasteiger partial charge in [-0.15, -0.1) is 0 Å². The van der Waals surface area contributed by atoms with E-state index in [0.29, 0.717) is 16.3 Å². The van der Waals surface area contributed by atoms with Gasteiger partial charge in [0.1, 0.15) is 5.15 Å². The van der Waals surface area contributed by atoms with E-state index < -0.39 is 18.5 Å². The highest BCUT2D eigenvalue weighted by molar-refractivity contribution is 6.32. The largest absolute Gasteiger partial charge is 0.452 e. The Morgan fingerprint density at radius 3 is 2.60 bits per heavy atom. The van der Waals surface area contributed by atoms with Crippen molar-refractivity contribution >= 4 is 35.1 Å². The summed E-state index contributed by atoms with van der Waals surface area (Å²) in [5, 5.41) is 3.40. The average molecular weight is 381 g/mol. The number of halogens is 2. The highest BCUT2D eigenvalue weighted by Crippen LogP contribution is 2.20. The molecule has 0 radical (unpaired) electrons. The first kappa shape index (κ1) is 19.2. The average Bonchev–Trinajstić information content (AvgIpc) is 2.52. The molecule has 2 aromatic rings. The molecule has 0 aliphatic carbocycles. The number of nitrogens with one attached hydrogen (secondary N) is 1. The van der Waals surface area contributed by atoms with Crippen molar-refractivity contribution < 1.29 is 14.3 Å². The number of hydrogen-bond acceptors (Lipinski definition) is 4. The Bertz CT molecular complexity index is 786. The monoisotopic (exact) mass is 380 g/mol. The smallest absolute Gasteiger partial charge is 0.342 e. The summed E-state index contributed by atoms with van der Waals surface area (Å²) < 4.78 is 5.05. The molecule has 7 heteroatoms. The molecular formula is C18H18Cl2N2O3. The summed E-state index contributed by atoms with van der Waals surface area (Å²) in [5.74, 6) is -1.10. The van der Waals surface area contributed by atoms with Crippen LogP contribution < -0.4 is 5.32 Å². The van der Waals surface area contributed by atoms with Crippen LogP contribution in [0.2, 0.25) is 10.2 Å². The van der Waals surface area contributed by atoms with Gasteiger partial charge in [-0.05, 0) is 50.1 Å². The van der Waals surface area contributed by atoms with Crippen LogP contribution in [0.4, 0.5) is 0 Å². The van der Waals surface area contributed by atoms with Crippen molar-refractivity contribution in [3.63, 3.8) is 0 Å². The van der Waals surface area contributed by atoms with Crippen LogP contribution in [0.5, 0.6) is 0 Å². The molecule has 1 aromatic heterocycles. The third-order valence-electron chi connectivity index (χ3n) is 3.57. The Labute approximate surface area is 156 Å². The first-order chi connectivity index (χ1) is 11.8. The number of aromatic nitrogens is 1. The number of nitrogens with zero attached hydrogens (tertiary/aromatic N) is 1. The van der Waals surface area contributed by atoms with Gasteiger partial charge in [-0.1, -0.05) is 35.3 Å². The normalized spacial score (nSPS) is 11.7. The molecule has 2 rings (SSSR count). The maximum absolute atomic E-state index is 12.2. The van der Waals surface area contributed by atoms with Crippen LogP contribution >= 0.6 is 23.2 Å². The molecule has 0 spiro atoms. The Kier molecular flexibility index (Phi) is 6.39. The highest BCUT2D eigenvalue weighted by Gasteiger charge is 2.19. The SMILES string of the molecule is Cc1cc(C)c(C(=O)OCC(=O)N[C@@H](C)c2cccc(Cl)c2)c(Cl)n1. The van der Waals surface area contributed by atoms with Gasteiger partial charge in [0, 0.05) is 10.7 Å². The molecule has 5 nitrogen and oxygen atoms in total. The Balaban J connectivity index is 1.95. The number of aryl methyl sites for hydroxylation is 2. The Morgan fingerprint density at radius 1 is 1.24 bits per heavy atom. The van der Waals surface area contributed by atoms with E-state index >= 15 is 0 Å². The van der Waals surface area contributed by atoms with E-state index in [9.17, 15) is 9.59 Å². The number of amides is 1. The second-order valence-corrected chi connectivity index (χ2v) is 6.46. The maximum atomic E-state index is 12.2. The van der Waals surface area contributed by atoms with Gasteiger partial charge in [0.05, 0.1) is 11.6 Å². The van der Waals surface area contributed by atoms with Crippen molar-refractivity contribution in [2.24, 2.45) is 0 Å². The van der Waals surface area contributed by atoms with Crippen LogP contribution in [0, 0.1) is 13.8 Å². The van der Waals surface area contributed by atoms with E-state index in [2.05, 4.69) is 10.3 Å². The molecular weight excluding hydrogens is 363 g/mol. The predicted octanol–water partition coefficient (Wildman–Crippen LogP) is 4.04. The van der Waals surface area contributed by atoms with Crippen LogP contribution in [-0.2, 0) is 9.53 Å². The summed E-state index contributed by atoms with van der Waals surface area (Å²) in [6.07, 6.45) is 0. The minimum atomic E-state index is -0.680. The van der Waals surface area contributed by atoms with E-state index in [0.717, 1.165) is 5.56 Å². The number of rotatable bonds is 5. The molecule has 1 amide bonds. The van der Waals surface area contributed by atoms with E-state index in [1.54, 1.807) is 38.1 Å². The quantitative estimate of drug-likeness (QED) is 0.627. The topological polar surface area (TPSA) is 68.3 Å². The number of carbonyl (C=O) groups is 2. The molecule has 0 fully saturated rings. The lowest BCUT2D eigenvalue weighted by Gasteiger charge is -2.15. The summed E-state index contributed by atoms with van der Waals surface area (Å²) in [5.41, 5.74) is 2.37. The van der Waals surface area contributed by atoms with Crippen LogP contribution in [0.25, 0.3) is 0 Å². The molecule has 1 heterocycles. The second kappa shape index (κ2) is 8.32. The van der Waals surface area contributed by atoms with Gasteiger partial charge in [0.2, 0.25) is 0 Å². The van der Waals surface area contributed by atoms with Gasteiger partial charge >= 0.3 is 5.97 Å². The molecule has 0 saturated carbocycles. The van der Waals surface area contributed by atoms with Crippen LogP contribution in [-0.4, -0.2) is 23.5 Å². The Morgan fingerprint density at radius 2 is 1.96 bits per heavy atom. The van der Waals surface area contributed by atoms with Crippen molar-refractivity contribution in [2.75, 3.05) is 6.61 Å². The summed E-state index contributed by atoms with van der Waals surface area (Å²) in [7, 11) is 0. The van der Waals surface area contributed by atoms with Gasteiger partial charge in [-0.2, -0.15) is 0 Å². The third-order valence-corrected chi connectivity index (χ3v) is 4.07. The lowest BCUT2D eigenvalue weighted by molar-refractivity contribution is -0.124. The van der Waals surface area contributed by atoms with Gasteiger partial charge in [0.25, 0.3) is 5.91 Å². The van der Waals surface area contributed by atoms with Gasteiger partial charge in [-0.25, -0.2) is 9.78 Å². The number of pyridine rings is 1. The van der Waals surface area contributed by atoms with Gasteiger partial charge < -0.3 is 10.1 Å². The maximum Gasteiger partial charge on any atom is 0.342 e. The first-order valence-corrected chi connectivity index (χ1v) is 8.39. The number of benzene rings is 1. The molecule has 1 atom stereocenters. The first-order valence-electron chi connectivity index (χ1n) is 7.63. The molecule has 0 bridgehead atoms. The van der Waals surface area contributed by atoms with Crippen molar-refractivity contribution in [3.8, 4) is 0 Å². The lowest BCUT2D eigenvalue weighted by Crippen LogP contribution is -2.31. The Hall–Kier alpha value is -2.11. The number of hydrogen-bond donors (Lipinski definition) is 1. The fourth-order valence-corrected chi connectivity index (χ4v) is 2.94. The molecule has 25 heavy (non-hydrogen) atoms. The van der Waals surface area contributed by atoms with Crippen molar-refractivity contribution in [1.82, 2.24) is 10.3 Å². The minimum Gasteiger partial charge on any atom is -0.452 e. The van der Waals surface area contributed by atoms with Crippen LogP contribution in [0.3, 0.4) is 0 Å². The van der Waals surface area contributed by atoms with E-state index in [1.165, 1.54) is 0 Å². The standard InChI is InChI=1S/C18H18Cl2N2O3/c1-10-7-11(2)21-17(20)16(10)18(24)25-9-15(23)22-12(3)13-5-4-6-14(19)8-13/h4-8,12H,9H2,1-3H3,(H,22,23)/t12-/m0/s1. The summed E-state index contributed by atoms with van der Waals surface area (Å²) in [4.78, 5) is 28.2. The summed E-state index contributed by atoms with van der Waals surface area (Å²) in [6, 6.07) is 8.63. The van der Waals surface area contributed by atoms with E-state index in [1.807, 2.05) is 13.0 Å². The zero-order valence-electron chi connectivity index (χ0n) is 14.1. The molecule has 1 N–H and O–H groups in total. The zero-order chi connectivity index (χ0) is 18.6. The van der Waals surface area contributed by atoms with E-state index in [-0.39, 0.29) is 16.8 Å². The third kappa shape index (κ3) is 5.18. The minimum absolute atomic E-state index is 0.0650. The molecule has 0 aliphatic heterocycles. The summed E-state index contributed by atoms with van der Waals surface area (Å²) in [6.45, 7) is 4.92. The fraction of sp³-hybridized carbons (Fsp3) is 0.278. The zero-order valence-corrected chi connectivity index (χ0v) is 15.6. The molecule has 0 saturated heterocycles. The van der Waals surface area contributed by atoms with Gasteiger partial charge in [0.15, 0.2) is 6.61 Å². The highest BCUT2D eigenvalue weighted by atomic mass is 35.5.